The third kappa shape index (κ3) is 3.34. The number of aromatic amines is 1. The third-order valence-corrected chi connectivity index (χ3v) is 5.96. The molecule has 3 rings (SSSR count). The zero-order valence-corrected chi connectivity index (χ0v) is 14.1. The highest BCUT2D eigenvalue weighted by Crippen LogP contribution is 2.23. The van der Waals surface area contributed by atoms with E-state index >= 15 is 0 Å². The molecule has 23 heavy (non-hydrogen) atoms. The maximum absolute atomic E-state index is 12.5. The molecule has 0 spiro atoms. The number of nitrogens with one attached hydrogen (secondary N) is 2. The number of benzene rings is 1. The van der Waals surface area contributed by atoms with Crippen LogP contribution in [-0.4, -0.2) is 29.2 Å². The van der Waals surface area contributed by atoms with Gasteiger partial charge in [-0.2, -0.15) is 5.10 Å². The molecule has 124 valence electrons. The van der Waals surface area contributed by atoms with Gasteiger partial charge in [0.05, 0.1) is 5.02 Å². The molecule has 1 unspecified atom stereocenters. The number of rotatable bonds is 3. The number of nitrogens with zero attached hydrogens (tertiary/aromatic N) is 2. The van der Waals surface area contributed by atoms with Gasteiger partial charge in [-0.1, -0.05) is 17.7 Å². The molecule has 0 aliphatic carbocycles. The van der Waals surface area contributed by atoms with E-state index in [4.69, 9.17) is 11.6 Å². The summed E-state index contributed by atoms with van der Waals surface area (Å²) in [6.45, 7) is 2.28. The largest absolute Gasteiger partial charge is 0.343 e. The molecule has 1 aliphatic rings. The van der Waals surface area contributed by atoms with Gasteiger partial charge in [0.15, 0.2) is 0 Å². The number of hydrogen-bond donors (Lipinski definition) is 2. The molecule has 2 heterocycles. The molecule has 7 nitrogen and oxygen atoms in total. The van der Waals surface area contributed by atoms with Gasteiger partial charge in [0.25, 0.3) is 0 Å². The normalized spacial score (nSPS) is 18.4. The minimum atomic E-state index is -3.70. The van der Waals surface area contributed by atoms with Crippen LogP contribution in [0.4, 0.5) is 0 Å². The fraction of sp³-hybridized carbons (Fsp3) is 0.429. The van der Waals surface area contributed by atoms with Gasteiger partial charge in [0, 0.05) is 19.0 Å². The molecule has 1 atom stereocenters. The predicted molar refractivity (Wildman–Crippen MR) is 86.1 cm³/mol. The number of sulfonamides is 1. The van der Waals surface area contributed by atoms with Crippen molar-refractivity contribution in [1.82, 2.24) is 19.5 Å². The van der Waals surface area contributed by atoms with E-state index in [1.807, 2.05) is 6.92 Å². The highest BCUT2D eigenvalue weighted by molar-refractivity contribution is 7.89. The summed E-state index contributed by atoms with van der Waals surface area (Å²) < 4.78 is 29.3. The summed E-state index contributed by atoms with van der Waals surface area (Å²) in [5.74, 6) is 0.657. The molecular formula is C14H17ClN4O3S. The zero-order valence-electron chi connectivity index (χ0n) is 12.5. The molecule has 0 bridgehead atoms. The molecule has 1 aromatic carbocycles. The third-order valence-electron chi connectivity index (χ3n) is 3.95. The van der Waals surface area contributed by atoms with E-state index in [1.54, 1.807) is 16.7 Å². The van der Waals surface area contributed by atoms with Gasteiger partial charge in [-0.25, -0.2) is 23.0 Å². The van der Waals surface area contributed by atoms with Gasteiger partial charge in [-0.05, 0) is 37.5 Å². The fourth-order valence-electron chi connectivity index (χ4n) is 2.73. The van der Waals surface area contributed by atoms with Crippen LogP contribution < -0.4 is 10.4 Å². The summed E-state index contributed by atoms with van der Waals surface area (Å²) >= 11 is 6.06. The highest BCUT2D eigenvalue weighted by Gasteiger charge is 2.25. The Morgan fingerprint density at radius 2 is 2.17 bits per heavy atom. The van der Waals surface area contributed by atoms with Gasteiger partial charge in [-0.3, -0.25) is 4.57 Å². The molecule has 0 saturated heterocycles. The molecular weight excluding hydrogens is 340 g/mol. The van der Waals surface area contributed by atoms with Crippen molar-refractivity contribution in [1.29, 1.82) is 0 Å². The second kappa shape index (κ2) is 6.10. The minimum Gasteiger partial charge on any atom is -0.279 e. The van der Waals surface area contributed by atoms with Gasteiger partial charge in [0.2, 0.25) is 10.0 Å². The Morgan fingerprint density at radius 1 is 1.39 bits per heavy atom. The summed E-state index contributed by atoms with van der Waals surface area (Å²) in [6.07, 6.45) is 1.63. The second-order valence-electron chi connectivity index (χ2n) is 5.68. The smallest absolute Gasteiger partial charge is 0.279 e. The van der Waals surface area contributed by atoms with Crippen molar-refractivity contribution in [3.63, 3.8) is 0 Å². The number of aromatic nitrogens is 3. The maximum atomic E-state index is 12.5. The summed E-state index contributed by atoms with van der Waals surface area (Å²) in [5.41, 5.74) is 0.637. The Bertz CT molecular complexity index is 888. The highest BCUT2D eigenvalue weighted by atomic mass is 35.5. The average Bonchev–Trinajstić information content (AvgIpc) is 2.69. The van der Waals surface area contributed by atoms with E-state index in [1.165, 1.54) is 6.07 Å². The number of hydrogen-bond acceptors (Lipinski definition) is 4. The van der Waals surface area contributed by atoms with Crippen LogP contribution in [0.3, 0.4) is 0 Å². The van der Waals surface area contributed by atoms with Crippen molar-refractivity contribution in [2.24, 2.45) is 0 Å². The van der Waals surface area contributed by atoms with Gasteiger partial charge in [0.1, 0.15) is 10.7 Å². The Labute approximate surface area is 138 Å². The lowest BCUT2D eigenvalue weighted by molar-refractivity contribution is 0.493. The zero-order chi connectivity index (χ0) is 16.6. The molecule has 0 saturated carbocycles. The minimum absolute atomic E-state index is 0.0737. The molecule has 0 amide bonds. The average molecular weight is 357 g/mol. The van der Waals surface area contributed by atoms with Crippen LogP contribution >= 0.6 is 11.6 Å². The van der Waals surface area contributed by atoms with Crippen molar-refractivity contribution in [3.05, 3.63) is 45.1 Å². The molecule has 2 aromatic rings. The first-order valence-electron chi connectivity index (χ1n) is 7.29. The topological polar surface area (TPSA) is 96.8 Å². The molecule has 0 radical (unpaired) electrons. The number of fused-ring (bicyclic) bond motifs is 1. The van der Waals surface area contributed by atoms with E-state index in [-0.39, 0.29) is 21.6 Å². The molecule has 1 aliphatic heterocycles. The number of aryl methyl sites for hydroxylation is 2. The Balaban J connectivity index is 1.78. The van der Waals surface area contributed by atoms with Crippen LogP contribution in [0.25, 0.3) is 0 Å². The fourth-order valence-corrected chi connectivity index (χ4v) is 4.63. The van der Waals surface area contributed by atoms with Crippen LogP contribution in [0.15, 0.2) is 27.9 Å². The molecule has 1 aromatic heterocycles. The van der Waals surface area contributed by atoms with Gasteiger partial charge in [-0.15, -0.1) is 0 Å². The molecule has 9 heteroatoms. The van der Waals surface area contributed by atoms with Crippen LogP contribution in [0.1, 0.15) is 24.2 Å². The van der Waals surface area contributed by atoms with E-state index in [0.29, 0.717) is 31.6 Å². The van der Waals surface area contributed by atoms with Crippen molar-refractivity contribution in [2.75, 3.05) is 0 Å². The van der Waals surface area contributed by atoms with E-state index in [9.17, 15) is 13.2 Å². The van der Waals surface area contributed by atoms with Crippen molar-refractivity contribution < 1.29 is 8.42 Å². The van der Waals surface area contributed by atoms with Crippen molar-refractivity contribution in [3.8, 4) is 0 Å². The number of H-pyrrole nitrogens is 1. The lowest BCUT2D eigenvalue weighted by Gasteiger charge is -2.17. The van der Waals surface area contributed by atoms with Gasteiger partial charge >= 0.3 is 5.69 Å². The first kappa shape index (κ1) is 16.2. The standard InChI is InChI=1S/C14H17ClN4O3S/c1-9-2-4-12(11(15)8-9)23(21,22)18-10-3-5-13-16-17-14(20)19(13)7-6-10/h2,4,8,10,18H,3,5-7H2,1H3,(H,17,20). The lowest BCUT2D eigenvalue weighted by atomic mass is 10.1. The van der Waals surface area contributed by atoms with Crippen LogP contribution in [-0.2, 0) is 23.0 Å². The van der Waals surface area contributed by atoms with E-state index in [0.717, 1.165) is 5.56 Å². The maximum Gasteiger partial charge on any atom is 0.343 e. The number of halogens is 1. The van der Waals surface area contributed by atoms with E-state index < -0.39 is 10.0 Å². The summed E-state index contributed by atoms with van der Waals surface area (Å²) in [4.78, 5) is 11.7. The summed E-state index contributed by atoms with van der Waals surface area (Å²) in [6, 6.07) is 4.58. The second-order valence-corrected chi connectivity index (χ2v) is 7.77. The lowest BCUT2D eigenvalue weighted by Crippen LogP contribution is -2.35. The monoisotopic (exact) mass is 356 g/mol. The quantitative estimate of drug-likeness (QED) is 0.864. The van der Waals surface area contributed by atoms with Gasteiger partial charge < -0.3 is 0 Å². The van der Waals surface area contributed by atoms with Crippen LogP contribution in [0, 0.1) is 6.92 Å². The van der Waals surface area contributed by atoms with Crippen LogP contribution in [0.2, 0.25) is 5.02 Å². The summed E-state index contributed by atoms with van der Waals surface area (Å²) in [5, 5.41) is 6.57. The molecule has 2 N–H and O–H groups in total. The Morgan fingerprint density at radius 3 is 2.91 bits per heavy atom. The van der Waals surface area contributed by atoms with Crippen molar-refractivity contribution >= 4 is 21.6 Å². The Kier molecular flexibility index (Phi) is 4.31. The predicted octanol–water partition coefficient (Wildman–Crippen LogP) is 1.22. The SMILES string of the molecule is Cc1ccc(S(=O)(=O)NC2CCc3n[nH]c(=O)n3CC2)c(Cl)c1. The van der Waals surface area contributed by atoms with Crippen LogP contribution in [0.5, 0.6) is 0 Å². The van der Waals surface area contributed by atoms with E-state index in [2.05, 4.69) is 14.9 Å². The first-order valence-corrected chi connectivity index (χ1v) is 9.15. The Hall–Kier alpha value is -1.64. The molecule has 0 fully saturated rings. The first-order chi connectivity index (χ1) is 10.9. The van der Waals surface area contributed by atoms with Crippen molar-refractivity contribution in [2.45, 2.75) is 43.7 Å². The summed E-state index contributed by atoms with van der Waals surface area (Å²) in [7, 11) is -3.70.